The fourth-order valence-electron chi connectivity index (χ4n) is 1.78. The number of anilines is 1. The number of rotatable bonds is 7. The summed E-state index contributed by atoms with van der Waals surface area (Å²) in [6, 6.07) is 3.39. The summed E-state index contributed by atoms with van der Waals surface area (Å²) >= 11 is 0. The summed E-state index contributed by atoms with van der Waals surface area (Å²) in [5.41, 5.74) is 5.46. The third kappa shape index (κ3) is 5.00. The van der Waals surface area contributed by atoms with E-state index < -0.39 is 16.0 Å². The van der Waals surface area contributed by atoms with Crippen LogP contribution in [0.3, 0.4) is 0 Å². The molecule has 0 aromatic heterocycles. The highest BCUT2D eigenvalue weighted by Crippen LogP contribution is 2.19. The van der Waals surface area contributed by atoms with Gasteiger partial charge in [0.2, 0.25) is 10.0 Å². The van der Waals surface area contributed by atoms with Gasteiger partial charge in [0.05, 0.1) is 10.5 Å². The zero-order valence-corrected chi connectivity index (χ0v) is 13.1. The molecule has 1 unspecified atom stereocenters. The van der Waals surface area contributed by atoms with Crippen molar-refractivity contribution < 1.29 is 18.3 Å². The number of nitrogens with two attached hydrogens (primary N) is 1. The maximum atomic E-state index is 12.3. The molecule has 8 heteroatoms. The van der Waals surface area contributed by atoms with Crippen LogP contribution in [0.4, 0.5) is 5.69 Å². The first-order valence-electron chi connectivity index (χ1n) is 6.43. The smallest absolute Gasteiger partial charge is 0.337 e. The molecule has 0 radical (unpaired) electrons. The van der Waals surface area contributed by atoms with Crippen molar-refractivity contribution in [3.05, 3.63) is 23.8 Å². The van der Waals surface area contributed by atoms with Crippen molar-refractivity contribution in [2.24, 2.45) is 0 Å². The normalized spacial score (nSPS) is 13.3. The Balaban J connectivity index is 3.02. The number of benzene rings is 1. The Morgan fingerprint density at radius 1 is 1.43 bits per heavy atom. The van der Waals surface area contributed by atoms with Crippen LogP contribution in [0.15, 0.2) is 23.1 Å². The quantitative estimate of drug-likeness (QED) is 0.635. The van der Waals surface area contributed by atoms with Crippen LogP contribution in [0.25, 0.3) is 0 Å². The Morgan fingerprint density at radius 2 is 2.05 bits per heavy atom. The summed E-state index contributed by atoms with van der Waals surface area (Å²) in [5.74, 6) is -1.31. The van der Waals surface area contributed by atoms with Gasteiger partial charge in [-0.15, -0.1) is 0 Å². The maximum Gasteiger partial charge on any atom is 0.337 e. The van der Waals surface area contributed by atoms with Crippen LogP contribution in [-0.2, 0) is 10.0 Å². The molecule has 1 rings (SSSR count). The topological polar surface area (TPSA) is 113 Å². The monoisotopic (exact) mass is 315 g/mol. The first kappa shape index (κ1) is 17.4. The summed E-state index contributed by atoms with van der Waals surface area (Å²) in [7, 11) is -0.154. The summed E-state index contributed by atoms with van der Waals surface area (Å²) in [6.07, 6.45) is 0.608. The lowest BCUT2D eigenvalue weighted by Crippen LogP contribution is -2.35. The Kier molecular flexibility index (Phi) is 5.70. The molecule has 0 spiro atoms. The molecule has 0 saturated heterocycles. The molecule has 0 bridgehead atoms. The number of sulfonamides is 1. The van der Waals surface area contributed by atoms with E-state index in [9.17, 15) is 13.2 Å². The number of nitrogens with zero attached hydrogens (tertiary/aromatic N) is 1. The predicted molar refractivity (Wildman–Crippen MR) is 80.8 cm³/mol. The molecular weight excluding hydrogens is 294 g/mol. The number of aromatic carboxylic acids is 1. The van der Waals surface area contributed by atoms with Gasteiger partial charge in [0.15, 0.2) is 0 Å². The molecule has 0 saturated carbocycles. The fourth-order valence-corrected chi connectivity index (χ4v) is 3.29. The highest BCUT2D eigenvalue weighted by atomic mass is 32.2. The minimum absolute atomic E-state index is 0.196. The minimum Gasteiger partial charge on any atom is -0.478 e. The van der Waals surface area contributed by atoms with Crippen molar-refractivity contribution in [1.82, 2.24) is 9.62 Å². The van der Waals surface area contributed by atoms with Gasteiger partial charge >= 0.3 is 5.97 Å². The molecule has 7 nitrogen and oxygen atoms in total. The Bertz CT molecular complexity index is 614. The number of hydrogen-bond acceptors (Lipinski definition) is 5. The number of hydrogen-bond donors (Lipinski definition) is 3. The Hall–Kier alpha value is -1.64. The standard InChI is InChI=1S/C13H21N3O4S/c1-9(6-7-16(2)3)15-21(19,20)12-8-10(14)4-5-11(12)13(17)18/h4-5,8-9,15H,6-7,14H2,1-3H3,(H,17,18). The lowest BCUT2D eigenvalue weighted by Gasteiger charge is -2.17. The average Bonchev–Trinajstić information content (AvgIpc) is 2.35. The van der Waals surface area contributed by atoms with E-state index in [0.29, 0.717) is 13.0 Å². The molecule has 1 atom stereocenters. The number of carbonyl (C=O) groups is 1. The van der Waals surface area contributed by atoms with Crippen LogP contribution in [0.2, 0.25) is 0 Å². The van der Waals surface area contributed by atoms with E-state index in [1.807, 2.05) is 19.0 Å². The molecule has 0 amide bonds. The molecule has 1 aromatic carbocycles. The third-order valence-corrected chi connectivity index (χ3v) is 4.52. The molecule has 118 valence electrons. The van der Waals surface area contributed by atoms with Gasteiger partial charge in [0.1, 0.15) is 0 Å². The molecule has 0 aliphatic heterocycles. The van der Waals surface area contributed by atoms with Crippen LogP contribution in [-0.4, -0.2) is 51.1 Å². The van der Waals surface area contributed by atoms with Gasteiger partial charge in [-0.3, -0.25) is 0 Å². The Labute approximate surface area is 124 Å². The number of carboxylic acid groups (broad SMARTS) is 1. The Morgan fingerprint density at radius 3 is 2.57 bits per heavy atom. The predicted octanol–water partition coefficient (Wildman–Crippen LogP) is 0.586. The van der Waals surface area contributed by atoms with Crippen LogP contribution in [0.5, 0.6) is 0 Å². The maximum absolute atomic E-state index is 12.3. The van der Waals surface area contributed by atoms with Crippen LogP contribution in [0, 0.1) is 0 Å². The van der Waals surface area contributed by atoms with Gasteiger partial charge in [-0.25, -0.2) is 17.9 Å². The first-order chi connectivity index (χ1) is 9.63. The van der Waals surface area contributed by atoms with Crippen molar-refractivity contribution in [1.29, 1.82) is 0 Å². The van der Waals surface area contributed by atoms with E-state index >= 15 is 0 Å². The van der Waals surface area contributed by atoms with E-state index in [1.165, 1.54) is 12.1 Å². The van der Waals surface area contributed by atoms with Crippen LogP contribution >= 0.6 is 0 Å². The first-order valence-corrected chi connectivity index (χ1v) is 7.91. The van der Waals surface area contributed by atoms with Gasteiger partial charge in [0, 0.05) is 11.7 Å². The van der Waals surface area contributed by atoms with E-state index in [-0.39, 0.29) is 22.2 Å². The van der Waals surface area contributed by atoms with Crippen LogP contribution < -0.4 is 10.5 Å². The highest BCUT2D eigenvalue weighted by Gasteiger charge is 2.24. The number of nitrogens with one attached hydrogen (secondary N) is 1. The van der Waals surface area contributed by atoms with E-state index in [1.54, 1.807) is 6.92 Å². The average molecular weight is 315 g/mol. The second-order valence-electron chi connectivity index (χ2n) is 5.18. The van der Waals surface area contributed by atoms with Gasteiger partial charge in [-0.1, -0.05) is 0 Å². The van der Waals surface area contributed by atoms with Crippen molar-refractivity contribution in [2.75, 3.05) is 26.4 Å². The zero-order chi connectivity index (χ0) is 16.2. The van der Waals surface area contributed by atoms with E-state index in [2.05, 4.69) is 4.72 Å². The summed E-state index contributed by atoms with van der Waals surface area (Å²) in [4.78, 5) is 12.8. The van der Waals surface area contributed by atoms with Crippen molar-refractivity contribution in [3.63, 3.8) is 0 Å². The molecule has 4 N–H and O–H groups in total. The summed E-state index contributed by atoms with van der Waals surface area (Å²) < 4.78 is 27.1. The SMILES string of the molecule is CC(CCN(C)C)NS(=O)(=O)c1cc(N)ccc1C(=O)O. The van der Waals surface area contributed by atoms with Gasteiger partial charge < -0.3 is 15.7 Å². The lowest BCUT2D eigenvalue weighted by molar-refractivity contribution is 0.0692. The van der Waals surface area contributed by atoms with Crippen LogP contribution in [0.1, 0.15) is 23.7 Å². The highest BCUT2D eigenvalue weighted by molar-refractivity contribution is 7.89. The lowest BCUT2D eigenvalue weighted by atomic mass is 10.2. The molecule has 1 aromatic rings. The van der Waals surface area contributed by atoms with E-state index in [0.717, 1.165) is 6.07 Å². The molecule has 0 aliphatic carbocycles. The number of nitrogen functional groups attached to an aromatic ring is 1. The molecular formula is C13H21N3O4S. The zero-order valence-electron chi connectivity index (χ0n) is 12.3. The van der Waals surface area contributed by atoms with Crippen molar-refractivity contribution in [3.8, 4) is 0 Å². The van der Waals surface area contributed by atoms with Gasteiger partial charge in [0.25, 0.3) is 0 Å². The molecule has 0 aliphatic rings. The fraction of sp³-hybridized carbons (Fsp3) is 0.462. The second kappa shape index (κ2) is 6.88. The second-order valence-corrected chi connectivity index (χ2v) is 6.86. The minimum atomic E-state index is -3.93. The van der Waals surface area contributed by atoms with E-state index in [4.69, 9.17) is 10.8 Å². The molecule has 0 fully saturated rings. The summed E-state index contributed by atoms with van der Waals surface area (Å²) in [5, 5.41) is 9.09. The van der Waals surface area contributed by atoms with Crippen molar-refractivity contribution >= 4 is 21.7 Å². The number of carboxylic acids is 1. The van der Waals surface area contributed by atoms with Gasteiger partial charge in [-0.05, 0) is 52.2 Å². The largest absolute Gasteiger partial charge is 0.478 e. The molecule has 21 heavy (non-hydrogen) atoms. The molecule has 0 heterocycles. The van der Waals surface area contributed by atoms with Crippen molar-refractivity contribution in [2.45, 2.75) is 24.3 Å². The third-order valence-electron chi connectivity index (χ3n) is 2.89. The summed E-state index contributed by atoms with van der Waals surface area (Å²) in [6.45, 7) is 2.44. The van der Waals surface area contributed by atoms with Gasteiger partial charge in [-0.2, -0.15) is 0 Å².